The minimum absolute atomic E-state index is 0.0225. The lowest BCUT2D eigenvalue weighted by Gasteiger charge is -2.31. The fourth-order valence-corrected chi connectivity index (χ4v) is 1.43. The molecule has 1 aliphatic heterocycles. The predicted octanol–water partition coefficient (Wildman–Crippen LogP) is 0.641. The molecule has 8 heteroatoms. The Kier molecular flexibility index (Phi) is 4.33. The van der Waals surface area contributed by atoms with E-state index in [0.717, 1.165) is 4.90 Å². The summed E-state index contributed by atoms with van der Waals surface area (Å²) in [5.41, 5.74) is 0. The molecule has 0 aromatic rings. The van der Waals surface area contributed by atoms with Crippen molar-refractivity contribution >= 4 is 11.9 Å². The highest BCUT2D eigenvalue weighted by Gasteiger charge is 2.32. The van der Waals surface area contributed by atoms with Gasteiger partial charge < -0.3 is 14.7 Å². The number of carboxylic acid groups (broad SMARTS) is 1. The van der Waals surface area contributed by atoms with Gasteiger partial charge in [0.05, 0.1) is 19.6 Å². The number of nitrogens with zero attached hydrogens (tertiary/aromatic N) is 1. The van der Waals surface area contributed by atoms with Gasteiger partial charge in [-0.3, -0.25) is 4.79 Å². The Bertz CT molecular complexity index is 305. The fraction of sp³-hybridized carbons (Fsp3) is 0.778. The minimum atomic E-state index is -4.38. The molecule has 1 saturated heterocycles. The molecular formula is C9H12F3NO4. The van der Waals surface area contributed by atoms with Crippen molar-refractivity contribution in [1.29, 1.82) is 0 Å². The number of hydrogen-bond donors (Lipinski definition) is 1. The summed E-state index contributed by atoms with van der Waals surface area (Å²) >= 11 is 0. The maximum Gasteiger partial charge on any atom is 0.389 e. The fourth-order valence-electron chi connectivity index (χ4n) is 1.43. The van der Waals surface area contributed by atoms with E-state index >= 15 is 0 Å². The molecule has 0 spiro atoms. The molecule has 0 saturated carbocycles. The Morgan fingerprint density at radius 2 is 2.06 bits per heavy atom. The summed E-state index contributed by atoms with van der Waals surface area (Å²) in [5.74, 6) is -1.92. The quantitative estimate of drug-likeness (QED) is 0.803. The van der Waals surface area contributed by atoms with Crippen molar-refractivity contribution in [3.63, 3.8) is 0 Å². The lowest BCUT2D eigenvalue weighted by Crippen LogP contribution is -2.48. The number of carboxylic acids is 1. The third-order valence-electron chi connectivity index (χ3n) is 2.32. The number of rotatable bonds is 3. The van der Waals surface area contributed by atoms with Crippen molar-refractivity contribution in [2.75, 3.05) is 19.7 Å². The number of aliphatic carboxylic acids is 1. The van der Waals surface area contributed by atoms with Crippen LogP contribution in [0.15, 0.2) is 0 Å². The van der Waals surface area contributed by atoms with Gasteiger partial charge in [0.2, 0.25) is 5.91 Å². The van der Waals surface area contributed by atoms with Crippen LogP contribution in [-0.2, 0) is 14.3 Å². The van der Waals surface area contributed by atoms with Gasteiger partial charge in [0, 0.05) is 13.0 Å². The maximum absolute atomic E-state index is 11.9. The molecule has 1 N–H and O–H groups in total. The van der Waals surface area contributed by atoms with Crippen LogP contribution in [0.5, 0.6) is 0 Å². The molecule has 1 amide bonds. The van der Waals surface area contributed by atoms with Crippen LogP contribution in [0.1, 0.15) is 12.8 Å². The molecule has 1 unspecified atom stereocenters. The second-order valence-electron chi connectivity index (χ2n) is 3.65. The zero-order valence-electron chi connectivity index (χ0n) is 8.87. The highest BCUT2D eigenvalue weighted by Crippen LogP contribution is 2.22. The van der Waals surface area contributed by atoms with E-state index in [1.54, 1.807) is 0 Å². The van der Waals surface area contributed by atoms with Crippen molar-refractivity contribution in [3.05, 3.63) is 0 Å². The minimum Gasteiger partial charge on any atom is -0.479 e. The van der Waals surface area contributed by atoms with Crippen LogP contribution in [0.4, 0.5) is 13.2 Å². The van der Waals surface area contributed by atoms with Gasteiger partial charge in [-0.25, -0.2) is 4.79 Å². The maximum atomic E-state index is 11.9. The van der Waals surface area contributed by atoms with Crippen LogP contribution >= 0.6 is 0 Å². The molecular weight excluding hydrogens is 243 g/mol. The normalized spacial score (nSPS) is 21.4. The largest absolute Gasteiger partial charge is 0.479 e. The van der Waals surface area contributed by atoms with Crippen molar-refractivity contribution < 1.29 is 32.6 Å². The molecule has 0 aliphatic carbocycles. The average Bonchev–Trinajstić information content (AvgIpc) is 2.25. The molecule has 0 bridgehead atoms. The second-order valence-corrected chi connectivity index (χ2v) is 3.65. The molecule has 98 valence electrons. The molecule has 5 nitrogen and oxygen atoms in total. The highest BCUT2D eigenvalue weighted by molar-refractivity contribution is 5.78. The van der Waals surface area contributed by atoms with Gasteiger partial charge in [0.15, 0.2) is 6.10 Å². The number of ether oxygens (including phenoxy) is 1. The Morgan fingerprint density at radius 1 is 1.41 bits per heavy atom. The summed E-state index contributed by atoms with van der Waals surface area (Å²) in [5, 5.41) is 8.65. The molecule has 0 aromatic heterocycles. The standard InChI is InChI=1S/C9H12F3NO4/c10-9(11,12)2-1-7(14)13-3-4-17-6(5-13)8(15)16/h6H,1-5H2,(H,15,16). The van der Waals surface area contributed by atoms with Gasteiger partial charge in [0.25, 0.3) is 0 Å². The number of hydrogen-bond acceptors (Lipinski definition) is 3. The topological polar surface area (TPSA) is 66.8 Å². The lowest BCUT2D eigenvalue weighted by atomic mass is 10.2. The monoisotopic (exact) mass is 255 g/mol. The number of amides is 1. The Balaban J connectivity index is 2.44. The van der Waals surface area contributed by atoms with Crippen molar-refractivity contribution in [2.24, 2.45) is 0 Å². The summed E-state index contributed by atoms with van der Waals surface area (Å²) in [6, 6.07) is 0. The first kappa shape index (κ1) is 13.8. The third-order valence-corrected chi connectivity index (χ3v) is 2.32. The zero-order valence-corrected chi connectivity index (χ0v) is 8.87. The molecule has 0 radical (unpaired) electrons. The van der Waals surface area contributed by atoms with Crippen LogP contribution in [0.25, 0.3) is 0 Å². The van der Waals surface area contributed by atoms with E-state index in [2.05, 4.69) is 0 Å². The summed E-state index contributed by atoms with van der Waals surface area (Å²) in [7, 11) is 0. The van der Waals surface area contributed by atoms with E-state index in [1.165, 1.54) is 0 Å². The predicted molar refractivity (Wildman–Crippen MR) is 49.2 cm³/mol. The van der Waals surface area contributed by atoms with E-state index < -0.39 is 37.0 Å². The van der Waals surface area contributed by atoms with E-state index in [9.17, 15) is 22.8 Å². The van der Waals surface area contributed by atoms with Crippen molar-refractivity contribution in [1.82, 2.24) is 4.90 Å². The molecule has 1 rings (SSSR count). The molecule has 17 heavy (non-hydrogen) atoms. The van der Waals surface area contributed by atoms with Crippen LogP contribution in [0, 0.1) is 0 Å². The van der Waals surface area contributed by atoms with E-state index in [4.69, 9.17) is 9.84 Å². The molecule has 1 atom stereocenters. The summed E-state index contributed by atoms with van der Waals surface area (Å²) in [6.45, 7) is -0.0543. The first-order valence-corrected chi connectivity index (χ1v) is 4.98. The number of carbonyl (C=O) groups is 2. The molecule has 1 fully saturated rings. The number of carbonyl (C=O) groups excluding carboxylic acids is 1. The van der Waals surface area contributed by atoms with Crippen LogP contribution in [0.3, 0.4) is 0 Å². The van der Waals surface area contributed by atoms with Crippen molar-refractivity contribution in [3.8, 4) is 0 Å². The van der Waals surface area contributed by atoms with Gasteiger partial charge >= 0.3 is 12.1 Å². The number of morpholine rings is 1. The SMILES string of the molecule is O=C(O)C1CN(C(=O)CCC(F)(F)F)CCO1. The summed E-state index contributed by atoms with van der Waals surface area (Å²) in [6.07, 6.45) is -7.39. The van der Waals surface area contributed by atoms with Gasteiger partial charge in [-0.2, -0.15) is 13.2 Å². The van der Waals surface area contributed by atoms with Crippen LogP contribution in [-0.4, -0.2) is 53.9 Å². The smallest absolute Gasteiger partial charge is 0.389 e. The summed E-state index contributed by atoms with van der Waals surface area (Å²) < 4.78 is 40.5. The Hall–Kier alpha value is -1.31. The second kappa shape index (κ2) is 5.35. The number of alkyl halides is 3. The van der Waals surface area contributed by atoms with Gasteiger partial charge in [-0.15, -0.1) is 0 Å². The van der Waals surface area contributed by atoms with Gasteiger partial charge in [0.1, 0.15) is 0 Å². The number of halogens is 3. The van der Waals surface area contributed by atoms with Crippen LogP contribution < -0.4 is 0 Å². The third kappa shape index (κ3) is 4.59. The highest BCUT2D eigenvalue weighted by atomic mass is 19.4. The molecule has 1 heterocycles. The van der Waals surface area contributed by atoms with E-state index in [0.29, 0.717) is 0 Å². The van der Waals surface area contributed by atoms with Gasteiger partial charge in [-0.1, -0.05) is 0 Å². The first-order valence-electron chi connectivity index (χ1n) is 4.98. The van der Waals surface area contributed by atoms with E-state index in [-0.39, 0.29) is 19.7 Å². The zero-order chi connectivity index (χ0) is 13.1. The lowest BCUT2D eigenvalue weighted by molar-refractivity contribution is -0.162. The van der Waals surface area contributed by atoms with Gasteiger partial charge in [-0.05, 0) is 0 Å². The molecule has 1 aliphatic rings. The van der Waals surface area contributed by atoms with Crippen LogP contribution in [0.2, 0.25) is 0 Å². The van der Waals surface area contributed by atoms with E-state index in [1.807, 2.05) is 0 Å². The average molecular weight is 255 g/mol. The first-order chi connectivity index (χ1) is 7.79. The Labute approximate surface area is 95.1 Å². The summed E-state index contributed by atoms with van der Waals surface area (Å²) in [4.78, 5) is 23.1. The van der Waals surface area contributed by atoms with Crippen molar-refractivity contribution in [2.45, 2.75) is 25.1 Å². The molecule has 0 aromatic carbocycles. The Morgan fingerprint density at radius 3 is 2.59 bits per heavy atom.